The standard InChI is InChI=1S/C13H27NO2/c1-13(2,3)9-7-10-14-12(15)8-5-6-11-16-4/h5-11H2,1-4H3,(H,14,15). The summed E-state index contributed by atoms with van der Waals surface area (Å²) in [6, 6.07) is 0. The highest BCUT2D eigenvalue weighted by atomic mass is 16.5. The predicted molar refractivity (Wildman–Crippen MR) is 67.4 cm³/mol. The Morgan fingerprint density at radius 2 is 1.88 bits per heavy atom. The average Bonchev–Trinajstić information content (AvgIpc) is 2.18. The lowest BCUT2D eigenvalue weighted by atomic mass is 9.91. The van der Waals surface area contributed by atoms with Crippen LogP contribution in [-0.4, -0.2) is 26.2 Å². The molecule has 0 fully saturated rings. The van der Waals surface area contributed by atoms with Crippen LogP contribution in [-0.2, 0) is 9.53 Å². The third kappa shape index (κ3) is 11.5. The molecule has 1 N–H and O–H groups in total. The van der Waals surface area contributed by atoms with Crippen LogP contribution < -0.4 is 5.32 Å². The lowest BCUT2D eigenvalue weighted by Gasteiger charge is -2.17. The number of ether oxygens (including phenoxy) is 1. The number of methoxy groups -OCH3 is 1. The zero-order chi connectivity index (χ0) is 12.4. The van der Waals surface area contributed by atoms with E-state index in [2.05, 4.69) is 26.1 Å². The fraction of sp³-hybridized carbons (Fsp3) is 0.923. The molecular formula is C13H27NO2. The highest BCUT2D eigenvalue weighted by Crippen LogP contribution is 2.19. The Hall–Kier alpha value is -0.570. The minimum absolute atomic E-state index is 0.171. The van der Waals surface area contributed by atoms with Crippen molar-refractivity contribution < 1.29 is 9.53 Å². The fourth-order valence-electron chi connectivity index (χ4n) is 1.47. The number of carbonyl (C=O) groups is 1. The van der Waals surface area contributed by atoms with Crippen LogP contribution in [0.1, 0.15) is 52.9 Å². The van der Waals surface area contributed by atoms with E-state index in [1.165, 1.54) is 0 Å². The van der Waals surface area contributed by atoms with Crippen LogP contribution in [0.25, 0.3) is 0 Å². The van der Waals surface area contributed by atoms with Crippen molar-refractivity contribution in [2.45, 2.75) is 52.9 Å². The van der Waals surface area contributed by atoms with E-state index in [9.17, 15) is 4.79 Å². The maximum absolute atomic E-state index is 11.4. The summed E-state index contributed by atoms with van der Waals surface area (Å²) in [6.45, 7) is 8.22. The van der Waals surface area contributed by atoms with Crippen LogP contribution in [0.15, 0.2) is 0 Å². The summed E-state index contributed by atoms with van der Waals surface area (Å²) >= 11 is 0. The van der Waals surface area contributed by atoms with Gasteiger partial charge in [-0.25, -0.2) is 0 Å². The molecule has 0 aromatic rings. The normalized spacial score (nSPS) is 11.5. The van der Waals surface area contributed by atoms with Crippen molar-refractivity contribution in [1.82, 2.24) is 5.32 Å². The number of hydrogen-bond donors (Lipinski definition) is 1. The highest BCUT2D eigenvalue weighted by Gasteiger charge is 2.09. The summed E-state index contributed by atoms with van der Waals surface area (Å²) < 4.78 is 4.93. The van der Waals surface area contributed by atoms with Crippen molar-refractivity contribution in [1.29, 1.82) is 0 Å². The molecule has 0 spiro atoms. The fourth-order valence-corrected chi connectivity index (χ4v) is 1.47. The van der Waals surface area contributed by atoms with Gasteiger partial charge in [-0.15, -0.1) is 0 Å². The van der Waals surface area contributed by atoms with Gasteiger partial charge in [-0.1, -0.05) is 20.8 Å². The van der Waals surface area contributed by atoms with Crippen molar-refractivity contribution in [3.63, 3.8) is 0 Å². The van der Waals surface area contributed by atoms with Crippen molar-refractivity contribution >= 4 is 5.91 Å². The first kappa shape index (κ1) is 15.4. The Balaban J connectivity index is 3.31. The Bertz CT molecular complexity index is 185. The monoisotopic (exact) mass is 229 g/mol. The van der Waals surface area contributed by atoms with Gasteiger partial charge in [0.2, 0.25) is 5.91 Å². The van der Waals surface area contributed by atoms with Crippen LogP contribution >= 0.6 is 0 Å². The molecule has 3 nitrogen and oxygen atoms in total. The molecule has 0 unspecified atom stereocenters. The topological polar surface area (TPSA) is 38.3 Å². The largest absolute Gasteiger partial charge is 0.385 e. The molecule has 0 saturated heterocycles. The Kier molecular flexibility index (Phi) is 8.26. The zero-order valence-corrected chi connectivity index (χ0v) is 11.3. The second-order valence-corrected chi connectivity index (χ2v) is 5.46. The number of amides is 1. The van der Waals surface area contributed by atoms with Gasteiger partial charge in [-0.2, -0.15) is 0 Å². The van der Waals surface area contributed by atoms with Gasteiger partial charge in [0.15, 0.2) is 0 Å². The van der Waals surface area contributed by atoms with E-state index >= 15 is 0 Å². The first-order valence-electron chi connectivity index (χ1n) is 6.21. The molecule has 0 radical (unpaired) electrons. The van der Waals surface area contributed by atoms with Gasteiger partial charge >= 0.3 is 0 Å². The minimum atomic E-state index is 0.171. The molecule has 3 heteroatoms. The van der Waals surface area contributed by atoms with Crippen molar-refractivity contribution in [2.75, 3.05) is 20.3 Å². The van der Waals surface area contributed by atoms with E-state index in [-0.39, 0.29) is 5.91 Å². The van der Waals surface area contributed by atoms with Crippen LogP contribution in [0.4, 0.5) is 0 Å². The molecule has 16 heavy (non-hydrogen) atoms. The zero-order valence-electron chi connectivity index (χ0n) is 11.3. The summed E-state index contributed by atoms with van der Waals surface area (Å²) in [5.41, 5.74) is 0.364. The second-order valence-electron chi connectivity index (χ2n) is 5.46. The maximum Gasteiger partial charge on any atom is 0.219 e. The number of rotatable bonds is 8. The lowest BCUT2D eigenvalue weighted by molar-refractivity contribution is -0.121. The molecule has 96 valence electrons. The predicted octanol–water partition coefficient (Wildman–Crippen LogP) is 2.75. The number of hydrogen-bond acceptors (Lipinski definition) is 2. The van der Waals surface area contributed by atoms with Crippen LogP contribution in [0.3, 0.4) is 0 Å². The highest BCUT2D eigenvalue weighted by molar-refractivity contribution is 5.75. The average molecular weight is 229 g/mol. The quantitative estimate of drug-likeness (QED) is 0.650. The second kappa shape index (κ2) is 8.57. The smallest absolute Gasteiger partial charge is 0.219 e. The van der Waals surface area contributed by atoms with Crippen LogP contribution in [0.5, 0.6) is 0 Å². The number of unbranched alkanes of at least 4 members (excludes halogenated alkanes) is 1. The summed E-state index contributed by atoms with van der Waals surface area (Å²) in [5.74, 6) is 0.171. The Labute approximate surface area is 99.9 Å². The molecule has 0 aromatic heterocycles. The minimum Gasteiger partial charge on any atom is -0.385 e. The molecule has 0 rings (SSSR count). The van der Waals surface area contributed by atoms with E-state index in [0.717, 1.165) is 38.8 Å². The summed E-state index contributed by atoms with van der Waals surface area (Å²) in [6.07, 6.45) is 4.72. The van der Waals surface area contributed by atoms with Gasteiger partial charge in [-0.3, -0.25) is 4.79 Å². The lowest BCUT2D eigenvalue weighted by Crippen LogP contribution is -2.25. The van der Waals surface area contributed by atoms with E-state index in [0.29, 0.717) is 11.8 Å². The molecule has 0 saturated carbocycles. The SMILES string of the molecule is COCCCCC(=O)NCCCC(C)(C)C. The molecule has 0 aliphatic carbocycles. The van der Waals surface area contributed by atoms with Gasteiger partial charge in [0.1, 0.15) is 0 Å². The molecule has 1 amide bonds. The van der Waals surface area contributed by atoms with E-state index in [1.807, 2.05) is 0 Å². The Morgan fingerprint density at radius 3 is 2.44 bits per heavy atom. The molecule has 0 aliphatic rings. The Morgan fingerprint density at radius 1 is 1.19 bits per heavy atom. The first-order valence-corrected chi connectivity index (χ1v) is 6.21. The molecule has 0 atom stereocenters. The van der Waals surface area contributed by atoms with Gasteiger partial charge < -0.3 is 10.1 Å². The van der Waals surface area contributed by atoms with Crippen molar-refractivity contribution in [3.05, 3.63) is 0 Å². The molecule has 0 heterocycles. The summed E-state index contributed by atoms with van der Waals surface area (Å²) in [7, 11) is 1.69. The molecule has 0 aromatic carbocycles. The van der Waals surface area contributed by atoms with E-state index < -0.39 is 0 Å². The van der Waals surface area contributed by atoms with Gasteiger partial charge in [-0.05, 0) is 31.1 Å². The third-order valence-corrected chi connectivity index (χ3v) is 2.43. The van der Waals surface area contributed by atoms with Crippen molar-refractivity contribution in [3.8, 4) is 0 Å². The van der Waals surface area contributed by atoms with Gasteiger partial charge in [0, 0.05) is 26.7 Å². The van der Waals surface area contributed by atoms with Crippen LogP contribution in [0.2, 0.25) is 0 Å². The molecule has 0 aliphatic heterocycles. The van der Waals surface area contributed by atoms with Gasteiger partial charge in [0.25, 0.3) is 0 Å². The summed E-state index contributed by atoms with van der Waals surface area (Å²) in [5, 5.41) is 2.95. The van der Waals surface area contributed by atoms with Crippen LogP contribution in [0, 0.1) is 5.41 Å². The number of nitrogens with one attached hydrogen (secondary N) is 1. The van der Waals surface area contributed by atoms with Crippen molar-refractivity contribution in [2.24, 2.45) is 5.41 Å². The molecule has 0 bridgehead atoms. The maximum atomic E-state index is 11.4. The summed E-state index contributed by atoms with van der Waals surface area (Å²) in [4.78, 5) is 11.4. The van der Waals surface area contributed by atoms with E-state index in [1.54, 1.807) is 7.11 Å². The number of carbonyl (C=O) groups excluding carboxylic acids is 1. The molecular weight excluding hydrogens is 202 g/mol. The van der Waals surface area contributed by atoms with Gasteiger partial charge in [0.05, 0.1) is 0 Å². The van der Waals surface area contributed by atoms with E-state index in [4.69, 9.17) is 4.74 Å². The first-order chi connectivity index (χ1) is 7.45. The third-order valence-electron chi connectivity index (χ3n) is 2.43.